The van der Waals surface area contributed by atoms with Gasteiger partial charge < -0.3 is 10.2 Å². The Kier molecular flexibility index (Phi) is 5.11. The molecule has 0 bridgehead atoms. The first-order valence-electron chi connectivity index (χ1n) is 6.71. The number of nitrogens with zero attached hydrogens (tertiary/aromatic N) is 3. The van der Waals surface area contributed by atoms with Crippen molar-refractivity contribution in [2.75, 3.05) is 41.9 Å². The van der Waals surface area contributed by atoms with Crippen molar-refractivity contribution in [2.45, 2.75) is 26.2 Å². The molecule has 2 rings (SSSR count). The van der Waals surface area contributed by atoms with E-state index in [9.17, 15) is 0 Å². The molecule has 18 heavy (non-hydrogen) atoms. The normalized spacial score (nSPS) is 16.4. The smallest absolute Gasteiger partial charge is 0.137 e. The Labute approximate surface area is 114 Å². The molecule has 1 aromatic rings. The molecule has 0 aromatic carbocycles. The maximum Gasteiger partial charge on any atom is 0.137 e. The topological polar surface area (TPSA) is 41.1 Å². The van der Waals surface area contributed by atoms with Crippen molar-refractivity contribution >= 4 is 23.4 Å². The Morgan fingerprint density at radius 3 is 3.00 bits per heavy atom. The maximum absolute atomic E-state index is 4.54. The number of aromatic nitrogens is 2. The lowest BCUT2D eigenvalue weighted by Gasteiger charge is -2.24. The Morgan fingerprint density at radius 1 is 1.33 bits per heavy atom. The first-order valence-corrected chi connectivity index (χ1v) is 7.86. The molecule has 0 aliphatic carbocycles. The molecule has 0 amide bonds. The van der Waals surface area contributed by atoms with Crippen LogP contribution in [0.25, 0.3) is 0 Å². The standard InChI is InChI=1S/C13H22N4S/c1-3-5-11-12(14-2)15-10-16-13(11)17-6-4-8-18-9-7-17/h10H,3-9H2,1-2H3,(H,14,15,16). The molecule has 0 unspecified atom stereocenters. The molecule has 4 nitrogen and oxygen atoms in total. The van der Waals surface area contributed by atoms with Gasteiger partial charge in [0.05, 0.1) is 0 Å². The van der Waals surface area contributed by atoms with E-state index >= 15 is 0 Å². The van der Waals surface area contributed by atoms with E-state index in [0.717, 1.165) is 37.6 Å². The monoisotopic (exact) mass is 266 g/mol. The first kappa shape index (κ1) is 13.5. The number of hydrogen-bond acceptors (Lipinski definition) is 5. The minimum Gasteiger partial charge on any atom is -0.373 e. The fourth-order valence-corrected chi connectivity index (χ4v) is 3.22. The number of thioether (sulfide) groups is 1. The molecule has 1 saturated heterocycles. The molecular formula is C13H22N4S. The fourth-order valence-electron chi connectivity index (χ4n) is 2.33. The van der Waals surface area contributed by atoms with Gasteiger partial charge >= 0.3 is 0 Å². The zero-order valence-electron chi connectivity index (χ0n) is 11.3. The van der Waals surface area contributed by atoms with Gasteiger partial charge in [0.1, 0.15) is 18.0 Å². The average molecular weight is 266 g/mol. The SMILES string of the molecule is CCCc1c(NC)ncnc1N1CCCSCC1. The van der Waals surface area contributed by atoms with Gasteiger partial charge in [0.25, 0.3) is 0 Å². The van der Waals surface area contributed by atoms with E-state index in [4.69, 9.17) is 0 Å². The van der Waals surface area contributed by atoms with Crippen LogP contribution in [0.1, 0.15) is 25.3 Å². The molecule has 0 saturated carbocycles. The second-order valence-corrected chi connectivity index (χ2v) is 5.70. The van der Waals surface area contributed by atoms with Gasteiger partial charge in [-0.3, -0.25) is 0 Å². The quantitative estimate of drug-likeness (QED) is 0.906. The van der Waals surface area contributed by atoms with Crippen molar-refractivity contribution in [1.82, 2.24) is 9.97 Å². The van der Waals surface area contributed by atoms with Gasteiger partial charge in [0.2, 0.25) is 0 Å². The second-order valence-electron chi connectivity index (χ2n) is 4.48. The molecule has 1 fully saturated rings. The highest BCUT2D eigenvalue weighted by atomic mass is 32.2. The van der Waals surface area contributed by atoms with Crippen LogP contribution in [0.3, 0.4) is 0 Å². The number of anilines is 2. The van der Waals surface area contributed by atoms with E-state index in [1.54, 1.807) is 6.33 Å². The minimum absolute atomic E-state index is 0.985. The summed E-state index contributed by atoms with van der Waals surface area (Å²) in [5.41, 5.74) is 1.27. The van der Waals surface area contributed by atoms with E-state index in [0.29, 0.717) is 0 Å². The van der Waals surface area contributed by atoms with Crippen LogP contribution in [0.4, 0.5) is 11.6 Å². The third kappa shape index (κ3) is 3.07. The third-order valence-corrected chi connectivity index (χ3v) is 4.23. The summed E-state index contributed by atoms with van der Waals surface area (Å²) in [4.78, 5) is 11.3. The highest BCUT2D eigenvalue weighted by molar-refractivity contribution is 7.99. The van der Waals surface area contributed by atoms with Gasteiger partial charge in [-0.1, -0.05) is 13.3 Å². The lowest BCUT2D eigenvalue weighted by Crippen LogP contribution is -2.28. The highest BCUT2D eigenvalue weighted by Crippen LogP contribution is 2.26. The zero-order valence-corrected chi connectivity index (χ0v) is 12.1. The van der Waals surface area contributed by atoms with Gasteiger partial charge in [-0.05, 0) is 18.6 Å². The number of rotatable bonds is 4. The van der Waals surface area contributed by atoms with E-state index in [1.807, 2.05) is 18.8 Å². The summed E-state index contributed by atoms with van der Waals surface area (Å²) in [5.74, 6) is 4.59. The second kappa shape index (κ2) is 6.83. The van der Waals surface area contributed by atoms with Crippen molar-refractivity contribution in [3.8, 4) is 0 Å². The molecule has 1 aliphatic heterocycles. The van der Waals surface area contributed by atoms with Gasteiger partial charge in [0.15, 0.2) is 0 Å². The van der Waals surface area contributed by atoms with Crippen LogP contribution in [-0.2, 0) is 6.42 Å². The third-order valence-electron chi connectivity index (χ3n) is 3.18. The van der Waals surface area contributed by atoms with Crippen LogP contribution < -0.4 is 10.2 Å². The fraction of sp³-hybridized carbons (Fsp3) is 0.692. The largest absolute Gasteiger partial charge is 0.373 e. The summed E-state index contributed by atoms with van der Waals surface area (Å²) < 4.78 is 0. The van der Waals surface area contributed by atoms with Crippen LogP contribution in [0.15, 0.2) is 6.33 Å². The summed E-state index contributed by atoms with van der Waals surface area (Å²) in [7, 11) is 1.93. The molecule has 5 heteroatoms. The number of hydrogen-bond donors (Lipinski definition) is 1. The molecule has 0 spiro atoms. The highest BCUT2D eigenvalue weighted by Gasteiger charge is 2.17. The molecule has 1 N–H and O–H groups in total. The summed E-state index contributed by atoms with van der Waals surface area (Å²) in [6.45, 7) is 4.42. The Balaban J connectivity index is 2.29. The Bertz CT molecular complexity index is 375. The average Bonchev–Trinajstić information content (AvgIpc) is 2.68. The summed E-state index contributed by atoms with van der Waals surface area (Å²) >= 11 is 2.04. The first-order chi connectivity index (χ1) is 8.86. The molecule has 1 aromatic heterocycles. The van der Waals surface area contributed by atoms with Crippen LogP contribution in [-0.4, -0.2) is 41.6 Å². The van der Waals surface area contributed by atoms with Crippen LogP contribution in [0.2, 0.25) is 0 Å². The van der Waals surface area contributed by atoms with E-state index < -0.39 is 0 Å². The predicted octanol–water partition coefficient (Wildman–Crippen LogP) is 2.41. The predicted molar refractivity (Wildman–Crippen MR) is 79.7 cm³/mol. The van der Waals surface area contributed by atoms with Gasteiger partial charge in [-0.25, -0.2) is 9.97 Å². The lowest BCUT2D eigenvalue weighted by molar-refractivity contribution is 0.781. The molecule has 1 aliphatic rings. The van der Waals surface area contributed by atoms with Gasteiger partial charge in [-0.15, -0.1) is 0 Å². The molecule has 2 heterocycles. The molecular weight excluding hydrogens is 244 g/mol. The van der Waals surface area contributed by atoms with E-state index in [2.05, 4.69) is 27.1 Å². The van der Waals surface area contributed by atoms with Crippen LogP contribution in [0, 0.1) is 0 Å². The molecule has 0 radical (unpaired) electrons. The van der Waals surface area contributed by atoms with Gasteiger partial charge in [-0.2, -0.15) is 11.8 Å². The van der Waals surface area contributed by atoms with Crippen molar-refractivity contribution in [2.24, 2.45) is 0 Å². The zero-order chi connectivity index (χ0) is 12.8. The summed E-state index contributed by atoms with van der Waals surface area (Å²) in [6.07, 6.45) is 5.08. The van der Waals surface area contributed by atoms with Crippen molar-refractivity contribution in [3.63, 3.8) is 0 Å². The van der Waals surface area contributed by atoms with Gasteiger partial charge in [0, 0.05) is 31.5 Å². The maximum atomic E-state index is 4.54. The minimum atomic E-state index is 0.985. The Morgan fingerprint density at radius 2 is 2.22 bits per heavy atom. The lowest BCUT2D eigenvalue weighted by atomic mass is 10.1. The molecule has 100 valence electrons. The van der Waals surface area contributed by atoms with Crippen LogP contribution in [0.5, 0.6) is 0 Å². The molecule has 0 atom stereocenters. The van der Waals surface area contributed by atoms with E-state index in [1.165, 1.54) is 23.5 Å². The Hall–Kier alpha value is -0.970. The van der Waals surface area contributed by atoms with Crippen LogP contribution >= 0.6 is 11.8 Å². The number of nitrogens with one attached hydrogen (secondary N) is 1. The van der Waals surface area contributed by atoms with Crippen molar-refractivity contribution < 1.29 is 0 Å². The van der Waals surface area contributed by atoms with Crippen molar-refractivity contribution in [1.29, 1.82) is 0 Å². The summed E-state index contributed by atoms with van der Waals surface area (Å²) in [6, 6.07) is 0. The van der Waals surface area contributed by atoms with Crippen molar-refractivity contribution in [3.05, 3.63) is 11.9 Å². The van der Waals surface area contributed by atoms with E-state index in [-0.39, 0.29) is 0 Å². The summed E-state index contributed by atoms with van der Waals surface area (Å²) in [5, 5.41) is 3.19.